The second-order valence-corrected chi connectivity index (χ2v) is 8.40. The maximum absolute atomic E-state index is 12.7. The van der Waals surface area contributed by atoms with Gasteiger partial charge in [-0.1, -0.05) is 36.4 Å². The van der Waals surface area contributed by atoms with Gasteiger partial charge in [-0.15, -0.1) is 11.3 Å². The Morgan fingerprint density at radius 2 is 1.58 bits per heavy atom. The Kier molecular flexibility index (Phi) is 5.11. The Labute approximate surface area is 156 Å². The number of para-hydroxylation sites is 1. The van der Waals surface area contributed by atoms with Crippen LogP contribution >= 0.6 is 11.3 Å². The standard InChI is InChI=1S/C19H18N2O3S2/c1-13-7-6-8-14(2)17(13)20-19(22)18-16(11-12-25-18)21-26(23,24)15-9-4-3-5-10-15/h3-12,21H,1-2H3,(H,20,22). The third kappa shape index (κ3) is 3.79. The molecule has 1 amide bonds. The highest BCUT2D eigenvalue weighted by molar-refractivity contribution is 7.92. The van der Waals surface area contributed by atoms with Crippen LogP contribution in [0.3, 0.4) is 0 Å². The topological polar surface area (TPSA) is 75.3 Å². The highest BCUT2D eigenvalue weighted by Crippen LogP contribution is 2.27. The lowest BCUT2D eigenvalue weighted by atomic mass is 10.1. The van der Waals surface area contributed by atoms with Crippen LogP contribution in [0.2, 0.25) is 0 Å². The lowest BCUT2D eigenvalue weighted by Gasteiger charge is -2.12. The number of hydrogen-bond donors (Lipinski definition) is 2. The van der Waals surface area contributed by atoms with E-state index >= 15 is 0 Å². The molecular formula is C19H18N2O3S2. The van der Waals surface area contributed by atoms with Gasteiger partial charge in [-0.25, -0.2) is 8.42 Å². The summed E-state index contributed by atoms with van der Waals surface area (Å²) >= 11 is 1.19. The number of benzene rings is 2. The average Bonchev–Trinajstić information content (AvgIpc) is 3.06. The third-order valence-electron chi connectivity index (χ3n) is 3.89. The fourth-order valence-electron chi connectivity index (χ4n) is 2.55. The van der Waals surface area contributed by atoms with Crippen molar-refractivity contribution in [2.24, 2.45) is 0 Å². The summed E-state index contributed by atoms with van der Waals surface area (Å²) in [5.41, 5.74) is 2.90. The molecule has 0 spiro atoms. The minimum absolute atomic E-state index is 0.146. The molecule has 0 saturated carbocycles. The Morgan fingerprint density at radius 1 is 0.923 bits per heavy atom. The van der Waals surface area contributed by atoms with E-state index in [1.807, 2.05) is 32.0 Å². The van der Waals surface area contributed by atoms with Crippen molar-refractivity contribution in [3.05, 3.63) is 76.0 Å². The highest BCUT2D eigenvalue weighted by atomic mass is 32.2. The number of carbonyl (C=O) groups is 1. The zero-order chi connectivity index (χ0) is 18.7. The van der Waals surface area contributed by atoms with E-state index in [-0.39, 0.29) is 16.5 Å². The number of aryl methyl sites for hydroxylation is 2. The van der Waals surface area contributed by atoms with Gasteiger partial charge in [0, 0.05) is 5.69 Å². The van der Waals surface area contributed by atoms with Gasteiger partial charge in [-0.3, -0.25) is 9.52 Å². The summed E-state index contributed by atoms with van der Waals surface area (Å²) in [4.78, 5) is 13.1. The molecule has 0 bridgehead atoms. The van der Waals surface area contributed by atoms with Gasteiger partial charge in [0.25, 0.3) is 15.9 Å². The molecule has 0 unspecified atom stereocenters. The van der Waals surface area contributed by atoms with Gasteiger partial charge in [0.15, 0.2) is 0 Å². The fourth-order valence-corrected chi connectivity index (χ4v) is 4.45. The van der Waals surface area contributed by atoms with Crippen LogP contribution in [0.15, 0.2) is 64.9 Å². The van der Waals surface area contributed by atoms with Crippen LogP contribution in [-0.2, 0) is 10.0 Å². The molecule has 0 aliphatic carbocycles. The third-order valence-corrected chi connectivity index (χ3v) is 6.18. The van der Waals surface area contributed by atoms with E-state index in [0.29, 0.717) is 4.88 Å². The highest BCUT2D eigenvalue weighted by Gasteiger charge is 2.20. The molecule has 0 saturated heterocycles. The van der Waals surface area contributed by atoms with Crippen molar-refractivity contribution in [1.82, 2.24) is 0 Å². The Morgan fingerprint density at radius 3 is 2.23 bits per heavy atom. The molecule has 0 aliphatic rings. The Hall–Kier alpha value is -2.64. The second kappa shape index (κ2) is 7.31. The van der Waals surface area contributed by atoms with Gasteiger partial charge in [-0.05, 0) is 48.6 Å². The van der Waals surface area contributed by atoms with Crippen LogP contribution < -0.4 is 10.0 Å². The first-order valence-corrected chi connectivity index (χ1v) is 10.3. The summed E-state index contributed by atoms with van der Waals surface area (Å²) in [7, 11) is -3.75. The minimum Gasteiger partial charge on any atom is -0.321 e. The first kappa shape index (κ1) is 18.2. The molecule has 3 aromatic rings. The molecule has 5 nitrogen and oxygen atoms in total. The second-order valence-electron chi connectivity index (χ2n) is 5.80. The van der Waals surface area contributed by atoms with Gasteiger partial charge >= 0.3 is 0 Å². The van der Waals surface area contributed by atoms with Gasteiger partial charge in [0.2, 0.25) is 0 Å². The van der Waals surface area contributed by atoms with Crippen LogP contribution in [0, 0.1) is 13.8 Å². The van der Waals surface area contributed by atoms with Crippen molar-refractivity contribution in [3.63, 3.8) is 0 Å². The molecule has 2 aromatic carbocycles. The van der Waals surface area contributed by atoms with Crippen molar-refractivity contribution < 1.29 is 13.2 Å². The molecule has 26 heavy (non-hydrogen) atoms. The molecule has 0 radical (unpaired) electrons. The molecule has 134 valence electrons. The van der Waals surface area contributed by atoms with E-state index in [2.05, 4.69) is 10.0 Å². The molecule has 1 heterocycles. The number of hydrogen-bond acceptors (Lipinski definition) is 4. The summed E-state index contributed by atoms with van der Waals surface area (Å²) in [5.74, 6) is -0.344. The molecule has 3 rings (SSSR count). The maximum atomic E-state index is 12.7. The molecule has 1 aromatic heterocycles. The first-order valence-electron chi connectivity index (χ1n) is 7.91. The zero-order valence-corrected chi connectivity index (χ0v) is 15.9. The van der Waals surface area contributed by atoms with Crippen LogP contribution in [0.1, 0.15) is 20.8 Å². The molecule has 0 fully saturated rings. The zero-order valence-electron chi connectivity index (χ0n) is 14.3. The molecule has 0 atom stereocenters. The van der Waals surface area contributed by atoms with Crippen LogP contribution in [0.4, 0.5) is 11.4 Å². The van der Waals surface area contributed by atoms with Crippen molar-refractivity contribution in [2.45, 2.75) is 18.7 Å². The maximum Gasteiger partial charge on any atom is 0.267 e. The predicted octanol–water partition coefficient (Wildman–Crippen LogP) is 4.42. The Balaban J connectivity index is 1.86. The quantitative estimate of drug-likeness (QED) is 0.682. The van der Waals surface area contributed by atoms with E-state index in [4.69, 9.17) is 0 Å². The van der Waals surface area contributed by atoms with Gasteiger partial charge in [0.05, 0.1) is 10.6 Å². The number of anilines is 2. The van der Waals surface area contributed by atoms with Crippen LogP contribution in [-0.4, -0.2) is 14.3 Å². The van der Waals surface area contributed by atoms with E-state index in [1.54, 1.807) is 29.6 Å². The van der Waals surface area contributed by atoms with Crippen molar-refractivity contribution in [3.8, 4) is 0 Å². The number of carbonyl (C=O) groups excluding carboxylic acids is 1. The van der Waals surface area contributed by atoms with Gasteiger partial charge in [-0.2, -0.15) is 0 Å². The summed E-state index contributed by atoms with van der Waals surface area (Å²) < 4.78 is 27.5. The summed E-state index contributed by atoms with van der Waals surface area (Å²) in [5, 5.41) is 4.57. The molecular weight excluding hydrogens is 368 g/mol. The first-order chi connectivity index (χ1) is 12.4. The minimum atomic E-state index is -3.75. The van der Waals surface area contributed by atoms with Crippen molar-refractivity contribution in [1.29, 1.82) is 0 Å². The number of amides is 1. The van der Waals surface area contributed by atoms with Gasteiger partial charge in [0.1, 0.15) is 4.88 Å². The summed E-state index contributed by atoms with van der Waals surface area (Å²) in [6, 6.07) is 15.4. The normalized spacial score (nSPS) is 11.2. The summed E-state index contributed by atoms with van der Waals surface area (Å²) in [6.07, 6.45) is 0. The summed E-state index contributed by atoms with van der Waals surface area (Å²) in [6.45, 7) is 3.83. The fraction of sp³-hybridized carbons (Fsp3) is 0.105. The SMILES string of the molecule is Cc1cccc(C)c1NC(=O)c1sccc1NS(=O)(=O)c1ccccc1. The smallest absolute Gasteiger partial charge is 0.267 e. The van der Waals surface area contributed by atoms with Crippen LogP contribution in [0.25, 0.3) is 0 Å². The monoisotopic (exact) mass is 386 g/mol. The lowest BCUT2D eigenvalue weighted by molar-refractivity contribution is 0.103. The van der Waals surface area contributed by atoms with E-state index in [0.717, 1.165) is 16.8 Å². The lowest BCUT2D eigenvalue weighted by Crippen LogP contribution is -2.17. The molecule has 7 heteroatoms. The Bertz CT molecular complexity index is 1020. The largest absolute Gasteiger partial charge is 0.321 e. The van der Waals surface area contributed by atoms with E-state index < -0.39 is 10.0 Å². The number of rotatable bonds is 5. The van der Waals surface area contributed by atoms with Gasteiger partial charge < -0.3 is 5.32 Å². The van der Waals surface area contributed by atoms with Crippen LogP contribution in [0.5, 0.6) is 0 Å². The molecule has 2 N–H and O–H groups in total. The number of nitrogens with one attached hydrogen (secondary N) is 2. The van der Waals surface area contributed by atoms with E-state index in [9.17, 15) is 13.2 Å². The number of thiophene rings is 1. The average molecular weight is 386 g/mol. The number of sulfonamides is 1. The molecule has 0 aliphatic heterocycles. The predicted molar refractivity (Wildman–Crippen MR) is 105 cm³/mol. The van der Waals surface area contributed by atoms with E-state index in [1.165, 1.54) is 23.5 Å². The van der Waals surface area contributed by atoms with Crippen molar-refractivity contribution in [2.75, 3.05) is 10.0 Å². The van der Waals surface area contributed by atoms with Crippen molar-refractivity contribution >= 4 is 38.6 Å².